The first-order valence-corrected chi connectivity index (χ1v) is 8.40. The van der Waals surface area contributed by atoms with E-state index >= 15 is 0 Å². The molecule has 0 saturated carbocycles. The van der Waals surface area contributed by atoms with Gasteiger partial charge in [-0.05, 0) is 17.7 Å². The zero-order chi connectivity index (χ0) is 18.5. The van der Waals surface area contributed by atoms with Gasteiger partial charge in [-0.15, -0.1) is 0 Å². The van der Waals surface area contributed by atoms with Crippen LogP contribution in [-0.2, 0) is 11.2 Å². The second kappa shape index (κ2) is 7.77. The highest BCUT2D eigenvalue weighted by Crippen LogP contribution is 2.14. The molecule has 2 aromatic rings. The molecule has 0 bridgehead atoms. The Bertz CT molecular complexity index is 797. The lowest BCUT2D eigenvalue weighted by Crippen LogP contribution is -2.51. The molecule has 1 heterocycles. The highest BCUT2D eigenvalue weighted by atomic mass is 16.6. The van der Waals surface area contributed by atoms with Gasteiger partial charge in [0.05, 0.1) is 11.3 Å². The van der Waals surface area contributed by atoms with Crippen LogP contribution >= 0.6 is 0 Å². The molecule has 0 aliphatic carbocycles. The van der Waals surface area contributed by atoms with Gasteiger partial charge < -0.3 is 9.80 Å². The van der Waals surface area contributed by atoms with E-state index in [9.17, 15) is 19.7 Å². The summed E-state index contributed by atoms with van der Waals surface area (Å²) >= 11 is 0. The summed E-state index contributed by atoms with van der Waals surface area (Å²) in [6, 6.07) is 15.1. The lowest BCUT2D eigenvalue weighted by atomic mass is 10.1. The fourth-order valence-electron chi connectivity index (χ4n) is 2.94. The van der Waals surface area contributed by atoms with E-state index in [0.29, 0.717) is 31.7 Å². The molecule has 0 aromatic heterocycles. The van der Waals surface area contributed by atoms with Crippen molar-refractivity contribution in [1.29, 1.82) is 0 Å². The van der Waals surface area contributed by atoms with Crippen molar-refractivity contribution in [3.8, 4) is 0 Å². The highest BCUT2D eigenvalue weighted by Gasteiger charge is 2.24. The minimum Gasteiger partial charge on any atom is -0.339 e. The normalized spacial score (nSPS) is 14.2. The van der Waals surface area contributed by atoms with E-state index in [2.05, 4.69) is 0 Å². The molecule has 26 heavy (non-hydrogen) atoms. The summed E-state index contributed by atoms with van der Waals surface area (Å²) in [5.41, 5.74) is 1.40. The van der Waals surface area contributed by atoms with E-state index in [1.165, 1.54) is 12.1 Å². The largest absolute Gasteiger partial charge is 0.339 e. The molecule has 1 saturated heterocycles. The van der Waals surface area contributed by atoms with Crippen molar-refractivity contribution in [3.63, 3.8) is 0 Å². The number of hydrogen-bond donors (Lipinski definition) is 0. The molecule has 1 aliphatic rings. The number of benzene rings is 2. The quantitative estimate of drug-likeness (QED) is 0.623. The number of amides is 2. The van der Waals surface area contributed by atoms with Crippen molar-refractivity contribution >= 4 is 17.5 Å². The Balaban J connectivity index is 1.53. The minimum absolute atomic E-state index is 0.00855. The maximum absolute atomic E-state index is 12.4. The molecule has 134 valence electrons. The van der Waals surface area contributed by atoms with Gasteiger partial charge in [0, 0.05) is 43.9 Å². The maximum Gasteiger partial charge on any atom is 0.269 e. The Morgan fingerprint density at radius 3 is 2.04 bits per heavy atom. The van der Waals surface area contributed by atoms with Gasteiger partial charge in [-0.3, -0.25) is 19.7 Å². The van der Waals surface area contributed by atoms with Crippen LogP contribution in [0.4, 0.5) is 5.69 Å². The van der Waals surface area contributed by atoms with E-state index in [0.717, 1.165) is 5.56 Å². The Morgan fingerprint density at radius 1 is 0.885 bits per heavy atom. The number of non-ortho nitro benzene ring substituents is 1. The fourth-order valence-corrected chi connectivity index (χ4v) is 2.94. The molecule has 7 heteroatoms. The second-order valence-corrected chi connectivity index (χ2v) is 6.14. The lowest BCUT2D eigenvalue weighted by Gasteiger charge is -2.35. The summed E-state index contributed by atoms with van der Waals surface area (Å²) < 4.78 is 0. The molecule has 0 unspecified atom stereocenters. The molecule has 0 atom stereocenters. The van der Waals surface area contributed by atoms with Crippen LogP contribution in [0.25, 0.3) is 0 Å². The number of piperazine rings is 1. The Labute approximate surface area is 151 Å². The van der Waals surface area contributed by atoms with Gasteiger partial charge in [0.15, 0.2) is 0 Å². The van der Waals surface area contributed by atoms with E-state index in [-0.39, 0.29) is 23.9 Å². The lowest BCUT2D eigenvalue weighted by molar-refractivity contribution is -0.384. The van der Waals surface area contributed by atoms with Gasteiger partial charge in [-0.1, -0.05) is 30.3 Å². The molecule has 2 aromatic carbocycles. The SMILES string of the molecule is O=C(Cc1ccc([N+](=O)[O-])cc1)N1CCN(C(=O)c2ccccc2)CC1. The predicted molar refractivity (Wildman–Crippen MR) is 95.7 cm³/mol. The van der Waals surface area contributed by atoms with Crippen LogP contribution in [0.5, 0.6) is 0 Å². The first-order valence-electron chi connectivity index (χ1n) is 8.40. The zero-order valence-corrected chi connectivity index (χ0v) is 14.2. The average molecular weight is 353 g/mol. The van der Waals surface area contributed by atoms with Crippen LogP contribution < -0.4 is 0 Å². The number of carbonyl (C=O) groups excluding carboxylic acids is 2. The highest BCUT2D eigenvalue weighted by molar-refractivity contribution is 5.94. The van der Waals surface area contributed by atoms with E-state index in [1.54, 1.807) is 34.1 Å². The first kappa shape index (κ1) is 17.6. The topological polar surface area (TPSA) is 83.8 Å². The minimum atomic E-state index is -0.464. The zero-order valence-electron chi connectivity index (χ0n) is 14.2. The third kappa shape index (κ3) is 4.05. The molecule has 7 nitrogen and oxygen atoms in total. The van der Waals surface area contributed by atoms with Crippen molar-refractivity contribution in [2.75, 3.05) is 26.2 Å². The first-order chi connectivity index (χ1) is 12.5. The number of carbonyl (C=O) groups is 2. The van der Waals surface area contributed by atoms with Gasteiger partial charge in [-0.2, -0.15) is 0 Å². The van der Waals surface area contributed by atoms with Crippen molar-refractivity contribution in [2.45, 2.75) is 6.42 Å². The second-order valence-electron chi connectivity index (χ2n) is 6.14. The molecule has 1 aliphatic heterocycles. The van der Waals surface area contributed by atoms with Gasteiger partial charge in [-0.25, -0.2) is 0 Å². The Morgan fingerprint density at radius 2 is 1.46 bits per heavy atom. The van der Waals surface area contributed by atoms with Crippen LogP contribution in [-0.4, -0.2) is 52.7 Å². The Kier molecular flexibility index (Phi) is 5.26. The van der Waals surface area contributed by atoms with Gasteiger partial charge in [0.25, 0.3) is 11.6 Å². The molecule has 0 radical (unpaired) electrons. The van der Waals surface area contributed by atoms with Crippen molar-refractivity contribution < 1.29 is 14.5 Å². The molecular formula is C19H19N3O4. The third-order valence-electron chi connectivity index (χ3n) is 4.44. The van der Waals surface area contributed by atoms with Crippen LogP contribution in [0, 0.1) is 10.1 Å². The van der Waals surface area contributed by atoms with Crippen molar-refractivity contribution in [2.24, 2.45) is 0 Å². The summed E-state index contributed by atoms with van der Waals surface area (Å²) in [4.78, 5) is 38.5. The molecular weight excluding hydrogens is 334 g/mol. The van der Waals surface area contributed by atoms with Crippen LogP contribution in [0.15, 0.2) is 54.6 Å². The standard InChI is InChI=1S/C19H19N3O4/c23-18(14-15-6-8-17(9-7-15)22(25)26)20-10-12-21(13-11-20)19(24)16-4-2-1-3-5-16/h1-9H,10-14H2. The van der Waals surface area contributed by atoms with Crippen molar-refractivity contribution in [1.82, 2.24) is 9.80 Å². The summed E-state index contributed by atoms with van der Waals surface area (Å²) in [5, 5.41) is 10.7. The molecule has 1 fully saturated rings. The summed E-state index contributed by atoms with van der Waals surface area (Å²) in [5.74, 6) is -0.0567. The molecule has 2 amide bonds. The molecule has 3 rings (SSSR count). The molecule has 0 spiro atoms. The van der Waals surface area contributed by atoms with Gasteiger partial charge in [0.1, 0.15) is 0 Å². The van der Waals surface area contributed by atoms with Gasteiger partial charge >= 0.3 is 0 Å². The smallest absolute Gasteiger partial charge is 0.269 e. The monoisotopic (exact) mass is 353 g/mol. The predicted octanol–water partition coefficient (Wildman–Crippen LogP) is 2.12. The van der Waals surface area contributed by atoms with E-state index in [1.807, 2.05) is 18.2 Å². The number of nitro benzene ring substituents is 1. The van der Waals surface area contributed by atoms with Crippen molar-refractivity contribution in [3.05, 3.63) is 75.8 Å². The van der Waals surface area contributed by atoms with Crippen LogP contribution in [0.2, 0.25) is 0 Å². The summed E-state index contributed by atoms with van der Waals surface area (Å²) in [6.07, 6.45) is 0.199. The molecule has 0 N–H and O–H groups in total. The Hall–Kier alpha value is -3.22. The number of nitrogens with zero attached hydrogens (tertiary/aromatic N) is 3. The van der Waals surface area contributed by atoms with Crippen LogP contribution in [0.1, 0.15) is 15.9 Å². The van der Waals surface area contributed by atoms with Crippen LogP contribution in [0.3, 0.4) is 0 Å². The maximum atomic E-state index is 12.4. The third-order valence-corrected chi connectivity index (χ3v) is 4.44. The number of rotatable bonds is 4. The summed E-state index contributed by atoms with van der Waals surface area (Å²) in [6.45, 7) is 1.98. The fraction of sp³-hybridized carbons (Fsp3) is 0.263. The number of hydrogen-bond acceptors (Lipinski definition) is 4. The van der Waals surface area contributed by atoms with E-state index < -0.39 is 4.92 Å². The van der Waals surface area contributed by atoms with Gasteiger partial charge in [0.2, 0.25) is 5.91 Å². The summed E-state index contributed by atoms with van der Waals surface area (Å²) in [7, 11) is 0. The number of nitro groups is 1. The average Bonchev–Trinajstić information content (AvgIpc) is 2.68. The van der Waals surface area contributed by atoms with E-state index in [4.69, 9.17) is 0 Å².